The molecular weight excluding hydrogens is 324 g/mol. The van der Waals surface area contributed by atoms with Crippen molar-refractivity contribution in [2.75, 3.05) is 27.9 Å². The van der Waals surface area contributed by atoms with Gasteiger partial charge in [-0.3, -0.25) is 4.79 Å². The third kappa shape index (κ3) is 8.23. The third-order valence-corrected chi connectivity index (χ3v) is 4.01. The van der Waals surface area contributed by atoms with Gasteiger partial charge in [-0.1, -0.05) is 0 Å². The zero-order valence-electron chi connectivity index (χ0n) is 15.6. The number of hydrogen-bond acceptors (Lipinski definition) is 6. The van der Waals surface area contributed by atoms with Crippen molar-refractivity contribution in [2.45, 2.75) is 51.2 Å². The SMILES string of the molecule is COc1cc(CC(=O)O[C@@H](C)CCC[C@@H](CCO)OC)cc(OC)c1. The van der Waals surface area contributed by atoms with Crippen LogP contribution in [0.5, 0.6) is 11.5 Å². The summed E-state index contributed by atoms with van der Waals surface area (Å²) < 4.78 is 21.2. The molecular formula is C19H30O6. The molecule has 0 spiro atoms. The molecule has 1 rings (SSSR count). The number of carbonyl (C=O) groups excluding carboxylic acids is 1. The van der Waals surface area contributed by atoms with Crippen LogP contribution >= 0.6 is 0 Å². The minimum absolute atomic E-state index is 0.0529. The van der Waals surface area contributed by atoms with Gasteiger partial charge in [-0.05, 0) is 50.3 Å². The lowest BCUT2D eigenvalue weighted by atomic mass is 10.1. The largest absolute Gasteiger partial charge is 0.497 e. The summed E-state index contributed by atoms with van der Waals surface area (Å²) in [6, 6.07) is 5.36. The smallest absolute Gasteiger partial charge is 0.310 e. The van der Waals surface area contributed by atoms with E-state index >= 15 is 0 Å². The van der Waals surface area contributed by atoms with Crippen LogP contribution in [0.2, 0.25) is 0 Å². The molecule has 0 unspecified atom stereocenters. The van der Waals surface area contributed by atoms with E-state index in [2.05, 4.69) is 0 Å². The molecule has 0 aromatic heterocycles. The molecule has 1 N–H and O–H groups in total. The number of methoxy groups -OCH3 is 3. The monoisotopic (exact) mass is 354 g/mol. The summed E-state index contributed by atoms with van der Waals surface area (Å²) in [5, 5.41) is 8.94. The van der Waals surface area contributed by atoms with E-state index in [9.17, 15) is 4.79 Å². The minimum atomic E-state index is -0.276. The molecule has 0 fully saturated rings. The molecule has 0 radical (unpaired) electrons. The van der Waals surface area contributed by atoms with Gasteiger partial charge in [-0.15, -0.1) is 0 Å². The van der Waals surface area contributed by atoms with Crippen LogP contribution in [0.3, 0.4) is 0 Å². The topological polar surface area (TPSA) is 74.2 Å². The van der Waals surface area contributed by atoms with E-state index in [1.54, 1.807) is 39.5 Å². The van der Waals surface area contributed by atoms with Crippen LogP contribution in [-0.2, 0) is 20.7 Å². The Morgan fingerprint density at radius 3 is 2.20 bits per heavy atom. The summed E-state index contributed by atoms with van der Waals surface area (Å²) in [6.45, 7) is 2.00. The zero-order chi connectivity index (χ0) is 18.7. The van der Waals surface area contributed by atoms with Gasteiger partial charge in [-0.2, -0.15) is 0 Å². The first-order valence-electron chi connectivity index (χ1n) is 8.57. The molecule has 6 heteroatoms. The molecule has 1 aromatic rings. The normalized spacial score (nSPS) is 13.2. The van der Waals surface area contributed by atoms with E-state index in [4.69, 9.17) is 24.1 Å². The highest BCUT2D eigenvalue weighted by atomic mass is 16.5. The quantitative estimate of drug-likeness (QED) is 0.582. The van der Waals surface area contributed by atoms with E-state index < -0.39 is 0 Å². The lowest BCUT2D eigenvalue weighted by Crippen LogP contribution is -2.18. The molecule has 0 aliphatic heterocycles. The van der Waals surface area contributed by atoms with Crippen molar-refractivity contribution in [2.24, 2.45) is 0 Å². The highest BCUT2D eigenvalue weighted by molar-refractivity contribution is 5.73. The maximum absolute atomic E-state index is 12.1. The maximum atomic E-state index is 12.1. The predicted molar refractivity (Wildman–Crippen MR) is 95.2 cm³/mol. The molecule has 0 amide bonds. The van der Waals surface area contributed by atoms with Gasteiger partial charge in [0.2, 0.25) is 0 Å². The third-order valence-electron chi connectivity index (χ3n) is 4.01. The Morgan fingerprint density at radius 1 is 1.04 bits per heavy atom. The Morgan fingerprint density at radius 2 is 1.68 bits per heavy atom. The Balaban J connectivity index is 2.43. The molecule has 6 nitrogen and oxygen atoms in total. The van der Waals surface area contributed by atoms with Crippen LogP contribution in [0.25, 0.3) is 0 Å². The van der Waals surface area contributed by atoms with Crippen LogP contribution in [0.15, 0.2) is 18.2 Å². The van der Waals surface area contributed by atoms with E-state index in [-0.39, 0.29) is 31.2 Å². The Hall–Kier alpha value is -1.79. The van der Waals surface area contributed by atoms with Crippen LogP contribution in [0.1, 0.15) is 38.2 Å². The highest BCUT2D eigenvalue weighted by Gasteiger charge is 2.13. The highest BCUT2D eigenvalue weighted by Crippen LogP contribution is 2.23. The second kappa shape index (κ2) is 11.7. The summed E-state index contributed by atoms with van der Waals surface area (Å²) in [5.74, 6) is 1.01. The number of benzene rings is 1. The fourth-order valence-electron chi connectivity index (χ4n) is 2.62. The molecule has 0 bridgehead atoms. The number of hydrogen-bond donors (Lipinski definition) is 1. The summed E-state index contributed by atoms with van der Waals surface area (Å²) in [6.07, 6.45) is 3.17. The fourth-order valence-corrected chi connectivity index (χ4v) is 2.62. The van der Waals surface area contributed by atoms with Crippen molar-refractivity contribution in [1.29, 1.82) is 0 Å². The van der Waals surface area contributed by atoms with Gasteiger partial charge in [0.1, 0.15) is 11.5 Å². The number of ether oxygens (including phenoxy) is 4. The molecule has 0 aliphatic rings. The lowest BCUT2D eigenvalue weighted by molar-refractivity contribution is -0.147. The second-order valence-corrected chi connectivity index (χ2v) is 6.00. The number of carbonyl (C=O) groups is 1. The van der Waals surface area contributed by atoms with Crippen molar-refractivity contribution in [3.8, 4) is 11.5 Å². The van der Waals surface area contributed by atoms with Gasteiger partial charge in [0.05, 0.1) is 32.8 Å². The maximum Gasteiger partial charge on any atom is 0.310 e. The first-order valence-corrected chi connectivity index (χ1v) is 8.57. The Labute approximate surface area is 150 Å². The zero-order valence-corrected chi connectivity index (χ0v) is 15.6. The van der Waals surface area contributed by atoms with Crippen molar-refractivity contribution in [1.82, 2.24) is 0 Å². The Kier molecular flexibility index (Phi) is 9.96. The van der Waals surface area contributed by atoms with Crippen LogP contribution in [0, 0.1) is 0 Å². The van der Waals surface area contributed by atoms with Crippen molar-refractivity contribution in [3.63, 3.8) is 0 Å². The number of aliphatic hydroxyl groups excluding tert-OH is 1. The van der Waals surface area contributed by atoms with Gasteiger partial charge < -0.3 is 24.1 Å². The molecule has 0 heterocycles. The van der Waals surface area contributed by atoms with E-state index in [0.717, 1.165) is 24.8 Å². The van der Waals surface area contributed by atoms with Gasteiger partial charge in [0.15, 0.2) is 0 Å². The van der Waals surface area contributed by atoms with Crippen molar-refractivity contribution in [3.05, 3.63) is 23.8 Å². The van der Waals surface area contributed by atoms with E-state index in [1.165, 1.54) is 0 Å². The number of aliphatic hydroxyl groups is 1. The fraction of sp³-hybridized carbons (Fsp3) is 0.632. The minimum Gasteiger partial charge on any atom is -0.497 e. The average molecular weight is 354 g/mol. The Bertz CT molecular complexity index is 494. The molecule has 142 valence electrons. The van der Waals surface area contributed by atoms with Crippen LogP contribution in [-0.4, -0.2) is 51.2 Å². The van der Waals surface area contributed by atoms with Crippen LogP contribution in [0.4, 0.5) is 0 Å². The average Bonchev–Trinajstić information content (AvgIpc) is 2.60. The second-order valence-electron chi connectivity index (χ2n) is 6.00. The number of esters is 1. The standard InChI is InChI=1S/C19H30O6/c1-14(6-5-7-16(22-2)8-9-20)25-19(21)12-15-10-17(23-3)13-18(11-15)24-4/h10-11,13-14,16,20H,5-9,12H2,1-4H3/t14-,16-/m0/s1. The lowest BCUT2D eigenvalue weighted by Gasteiger charge is -2.17. The van der Waals surface area contributed by atoms with Crippen molar-refractivity contribution < 1.29 is 28.8 Å². The van der Waals surface area contributed by atoms with Gasteiger partial charge in [0.25, 0.3) is 0 Å². The van der Waals surface area contributed by atoms with Gasteiger partial charge in [-0.25, -0.2) is 0 Å². The molecule has 1 aromatic carbocycles. The summed E-state index contributed by atoms with van der Waals surface area (Å²) >= 11 is 0. The first-order chi connectivity index (χ1) is 12.0. The summed E-state index contributed by atoms with van der Waals surface area (Å²) in [4.78, 5) is 12.1. The molecule has 0 saturated carbocycles. The summed E-state index contributed by atoms with van der Waals surface area (Å²) in [7, 11) is 4.79. The van der Waals surface area contributed by atoms with E-state index in [0.29, 0.717) is 17.9 Å². The predicted octanol–water partition coefficient (Wildman–Crippen LogP) is 2.75. The van der Waals surface area contributed by atoms with Gasteiger partial charge in [0, 0.05) is 19.8 Å². The molecule has 0 aliphatic carbocycles. The van der Waals surface area contributed by atoms with Crippen LogP contribution < -0.4 is 9.47 Å². The molecule has 2 atom stereocenters. The molecule has 0 saturated heterocycles. The number of rotatable bonds is 12. The van der Waals surface area contributed by atoms with Gasteiger partial charge >= 0.3 is 5.97 Å². The molecule has 25 heavy (non-hydrogen) atoms. The van der Waals surface area contributed by atoms with Crippen molar-refractivity contribution >= 4 is 5.97 Å². The van der Waals surface area contributed by atoms with E-state index in [1.807, 2.05) is 6.92 Å². The summed E-state index contributed by atoms with van der Waals surface area (Å²) in [5.41, 5.74) is 0.788. The first kappa shape index (κ1) is 21.3.